The summed E-state index contributed by atoms with van der Waals surface area (Å²) < 4.78 is 11.6. The first kappa shape index (κ1) is 19.8. The van der Waals surface area contributed by atoms with Crippen LogP contribution < -0.4 is 14.8 Å². The average Bonchev–Trinajstić information content (AvgIpc) is 2.65. The normalized spacial score (nSPS) is 11.0. The molecule has 0 radical (unpaired) electrons. The van der Waals surface area contributed by atoms with Gasteiger partial charge in [-0.3, -0.25) is 4.79 Å². The monoisotopic (exact) mass is 395 g/mol. The maximum absolute atomic E-state index is 12.6. The molecule has 0 saturated heterocycles. The number of rotatable bonds is 6. The van der Waals surface area contributed by atoms with E-state index < -0.39 is 5.60 Å². The molecule has 0 aliphatic rings. The second-order valence-electron chi connectivity index (χ2n) is 6.96. The van der Waals surface area contributed by atoms with E-state index in [-0.39, 0.29) is 5.91 Å². The summed E-state index contributed by atoms with van der Waals surface area (Å²) in [7, 11) is 0. The molecule has 0 saturated carbocycles. The molecule has 0 fully saturated rings. The minimum absolute atomic E-state index is 0.255. The lowest BCUT2D eigenvalue weighted by molar-refractivity contribution is -0.128. The first-order chi connectivity index (χ1) is 13.3. The first-order valence-electron chi connectivity index (χ1n) is 8.92. The fourth-order valence-corrected chi connectivity index (χ4v) is 2.67. The number of benzene rings is 3. The summed E-state index contributed by atoms with van der Waals surface area (Å²) in [6.45, 7) is 5.44. The Hall–Kier alpha value is -2.98. The fourth-order valence-electron chi connectivity index (χ4n) is 2.55. The van der Waals surface area contributed by atoms with Gasteiger partial charge in [0.25, 0.3) is 5.91 Å². The molecule has 3 aromatic rings. The van der Waals surface area contributed by atoms with Crippen LogP contribution in [0.2, 0.25) is 5.02 Å². The summed E-state index contributed by atoms with van der Waals surface area (Å²) in [5.41, 5.74) is 0.739. The first-order valence-corrected chi connectivity index (χ1v) is 9.30. The number of hydrogen-bond donors (Lipinski definition) is 1. The lowest BCUT2D eigenvalue weighted by Crippen LogP contribution is -2.42. The van der Waals surface area contributed by atoms with Gasteiger partial charge in [-0.1, -0.05) is 23.7 Å². The number of ether oxygens (including phenoxy) is 2. The summed E-state index contributed by atoms with van der Waals surface area (Å²) in [5, 5.41) is 3.48. The third kappa shape index (κ3) is 5.27. The number of carbonyl (C=O) groups is 1. The quantitative estimate of drug-likeness (QED) is 0.537. The van der Waals surface area contributed by atoms with Crippen LogP contribution in [0, 0.1) is 6.92 Å². The Morgan fingerprint density at radius 3 is 2.18 bits per heavy atom. The zero-order chi connectivity index (χ0) is 20.1. The van der Waals surface area contributed by atoms with Crippen molar-refractivity contribution in [2.75, 3.05) is 5.32 Å². The van der Waals surface area contributed by atoms with E-state index in [1.54, 1.807) is 50.2 Å². The molecule has 0 spiro atoms. The van der Waals surface area contributed by atoms with Gasteiger partial charge in [-0.2, -0.15) is 0 Å². The second kappa shape index (κ2) is 8.36. The van der Waals surface area contributed by atoms with Crippen molar-refractivity contribution in [3.8, 4) is 17.2 Å². The largest absolute Gasteiger partial charge is 0.478 e. The van der Waals surface area contributed by atoms with Crippen LogP contribution in [0.15, 0.2) is 72.8 Å². The Kier molecular flexibility index (Phi) is 5.90. The lowest BCUT2D eigenvalue weighted by Gasteiger charge is -2.25. The van der Waals surface area contributed by atoms with Gasteiger partial charge in [-0.15, -0.1) is 0 Å². The highest BCUT2D eigenvalue weighted by atomic mass is 35.5. The average molecular weight is 396 g/mol. The third-order valence-corrected chi connectivity index (χ3v) is 4.32. The molecule has 5 heteroatoms. The minimum atomic E-state index is -1.05. The predicted molar refractivity (Wildman–Crippen MR) is 112 cm³/mol. The number of halogens is 1. The van der Waals surface area contributed by atoms with Crippen molar-refractivity contribution in [3.05, 3.63) is 83.4 Å². The van der Waals surface area contributed by atoms with E-state index in [2.05, 4.69) is 5.32 Å². The van der Waals surface area contributed by atoms with E-state index in [1.165, 1.54) is 0 Å². The molecule has 0 atom stereocenters. The Morgan fingerprint density at radius 2 is 1.54 bits per heavy atom. The van der Waals surface area contributed by atoms with Crippen LogP contribution in [0.5, 0.6) is 17.2 Å². The van der Waals surface area contributed by atoms with Gasteiger partial charge >= 0.3 is 0 Å². The van der Waals surface area contributed by atoms with Gasteiger partial charge in [-0.05, 0) is 87.0 Å². The van der Waals surface area contributed by atoms with Crippen molar-refractivity contribution in [2.45, 2.75) is 26.4 Å². The summed E-state index contributed by atoms with van der Waals surface area (Å²) in [6.07, 6.45) is 0. The Labute approximate surface area is 170 Å². The Morgan fingerprint density at radius 1 is 0.893 bits per heavy atom. The highest BCUT2D eigenvalue weighted by molar-refractivity contribution is 6.30. The van der Waals surface area contributed by atoms with Crippen LogP contribution in [0.3, 0.4) is 0 Å². The molecule has 0 aromatic heterocycles. The van der Waals surface area contributed by atoms with Crippen molar-refractivity contribution in [1.82, 2.24) is 0 Å². The number of aryl methyl sites for hydroxylation is 1. The maximum atomic E-state index is 12.6. The van der Waals surface area contributed by atoms with Gasteiger partial charge < -0.3 is 14.8 Å². The Bertz CT molecular complexity index is 950. The molecule has 4 nitrogen and oxygen atoms in total. The SMILES string of the molecule is Cc1cccc(Oc2ccc(NC(=O)C(C)(C)Oc3ccc(Cl)cc3)cc2)c1. The van der Waals surface area contributed by atoms with Crippen LogP contribution in [0.4, 0.5) is 5.69 Å². The van der Waals surface area contributed by atoms with Crippen molar-refractivity contribution in [1.29, 1.82) is 0 Å². The summed E-state index contributed by atoms with van der Waals surface area (Å²) in [5.74, 6) is 1.79. The number of hydrogen-bond acceptors (Lipinski definition) is 3. The fraction of sp³-hybridized carbons (Fsp3) is 0.174. The van der Waals surface area contributed by atoms with Gasteiger partial charge in [0.2, 0.25) is 0 Å². The molecule has 144 valence electrons. The van der Waals surface area contributed by atoms with E-state index in [9.17, 15) is 4.79 Å². The molecular formula is C23H22ClNO3. The number of nitrogens with one attached hydrogen (secondary N) is 1. The number of anilines is 1. The van der Waals surface area contributed by atoms with E-state index in [0.29, 0.717) is 22.2 Å². The van der Waals surface area contributed by atoms with Crippen LogP contribution in [0.1, 0.15) is 19.4 Å². The van der Waals surface area contributed by atoms with Crippen LogP contribution in [0.25, 0.3) is 0 Å². The van der Waals surface area contributed by atoms with E-state index in [0.717, 1.165) is 11.3 Å². The summed E-state index contributed by atoms with van der Waals surface area (Å²) >= 11 is 5.88. The zero-order valence-corrected chi connectivity index (χ0v) is 16.8. The molecular weight excluding hydrogens is 374 g/mol. The molecule has 0 bridgehead atoms. The summed E-state index contributed by atoms with van der Waals surface area (Å²) in [6, 6.07) is 21.9. The van der Waals surface area contributed by atoms with Gasteiger partial charge in [0, 0.05) is 10.7 Å². The molecule has 0 unspecified atom stereocenters. The third-order valence-electron chi connectivity index (χ3n) is 4.07. The molecule has 0 aliphatic carbocycles. The van der Waals surface area contributed by atoms with E-state index in [4.69, 9.17) is 21.1 Å². The number of amides is 1. The van der Waals surface area contributed by atoms with Crippen LogP contribution in [-0.2, 0) is 4.79 Å². The van der Waals surface area contributed by atoms with E-state index >= 15 is 0 Å². The molecule has 3 aromatic carbocycles. The number of carbonyl (C=O) groups excluding carboxylic acids is 1. The highest BCUT2D eigenvalue weighted by Crippen LogP contribution is 2.25. The van der Waals surface area contributed by atoms with Crippen molar-refractivity contribution in [2.24, 2.45) is 0 Å². The molecule has 28 heavy (non-hydrogen) atoms. The lowest BCUT2D eigenvalue weighted by atomic mass is 10.1. The molecule has 3 rings (SSSR count). The molecule has 0 aliphatic heterocycles. The predicted octanol–water partition coefficient (Wildman–Crippen LogP) is 6.24. The van der Waals surface area contributed by atoms with Crippen molar-refractivity contribution in [3.63, 3.8) is 0 Å². The maximum Gasteiger partial charge on any atom is 0.267 e. The second-order valence-corrected chi connectivity index (χ2v) is 7.40. The van der Waals surface area contributed by atoms with Gasteiger partial charge in [0.05, 0.1) is 0 Å². The van der Waals surface area contributed by atoms with Gasteiger partial charge in [0.15, 0.2) is 5.60 Å². The Balaban J connectivity index is 1.62. The van der Waals surface area contributed by atoms with E-state index in [1.807, 2.05) is 43.3 Å². The van der Waals surface area contributed by atoms with Crippen molar-refractivity contribution < 1.29 is 14.3 Å². The molecule has 1 amide bonds. The van der Waals surface area contributed by atoms with Gasteiger partial charge in [0.1, 0.15) is 17.2 Å². The molecule has 0 heterocycles. The highest BCUT2D eigenvalue weighted by Gasteiger charge is 2.30. The zero-order valence-electron chi connectivity index (χ0n) is 16.0. The smallest absolute Gasteiger partial charge is 0.267 e. The van der Waals surface area contributed by atoms with Crippen LogP contribution in [-0.4, -0.2) is 11.5 Å². The summed E-state index contributed by atoms with van der Waals surface area (Å²) in [4.78, 5) is 12.6. The standard InChI is InChI=1S/C23H22ClNO3/c1-16-5-4-6-21(15-16)27-19-13-9-18(10-14-19)25-22(26)23(2,3)28-20-11-7-17(24)8-12-20/h4-15H,1-3H3,(H,25,26). The minimum Gasteiger partial charge on any atom is -0.478 e. The van der Waals surface area contributed by atoms with Crippen LogP contribution >= 0.6 is 11.6 Å². The molecule has 1 N–H and O–H groups in total. The topological polar surface area (TPSA) is 47.6 Å². The van der Waals surface area contributed by atoms with Crippen molar-refractivity contribution >= 4 is 23.2 Å². The van der Waals surface area contributed by atoms with Gasteiger partial charge in [-0.25, -0.2) is 0 Å².